The van der Waals surface area contributed by atoms with E-state index in [0.717, 1.165) is 4.68 Å². The summed E-state index contributed by atoms with van der Waals surface area (Å²) in [5.41, 5.74) is 7.55. The van der Waals surface area contributed by atoms with Gasteiger partial charge < -0.3 is 15.8 Å². The molecule has 0 saturated heterocycles. The number of pyridine rings is 1. The van der Waals surface area contributed by atoms with E-state index in [-0.39, 0.29) is 27.7 Å². The fourth-order valence-corrected chi connectivity index (χ4v) is 4.02. The number of fused-ring (bicyclic) bond motifs is 1. The van der Waals surface area contributed by atoms with Crippen LogP contribution in [0.2, 0.25) is 5.02 Å². The Bertz CT molecular complexity index is 1440. The van der Waals surface area contributed by atoms with Gasteiger partial charge in [-0.2, -0.15) is 18.3 Å². The largest absolute Gasteiger partial charge is 0.408 e. The van der Waals surface area contributed by atoms with Crippen LogP contribution in [0.25, 0.3) is 22.0 Å². The Balaban J connectivity index is 0.00000247. The number of rotatable bonds is 5. The molecule has 2 unspecified atom stereocenters. The molecule has 0 aliphatic rings. The molecular weight excluding hydrogens is 543 g/mol. The number of nitrogens with one attached hydrogen (secondary N) is 1. The quantitative estimate of drug-likeness (QED) is 0.439. The van der Waals surface area contributed by atoms with Crippen LogP contribution in [0.15, 0.2) is 24.3 Å². The van der Waals surface area contributed by atoms with Gasteiger partial charge >= 0.3 is 6.18 Å². The zero-order valence-corrected chi connectivity index (χ0v) is 22.9. The Morgan fingerprint density at radius 2 is 1.84 bits per heavy atom. The molecule has 0 aliphatic heterocycles. The van der Waals surface area contributed by atoms with Crippen molar-refractivity contribution in [2.75, 3.05) is 12.0 Å². The number of amides is 1. The van der Waals surface area contributed by atoms with Crippen molar-refractivity contribution < 1.29 is 27.0 Å². The van der Waals surface area contributed by atoms with E-state index < -0.39 is 34.3 Å². The number of hydrogen-bond donors (Lipinski definition) is 2. The van der Waals surface area contributed by atoms with Crippen LogP contribution >= 0.6 is 11.6 Å². The average molecular weight is 570 g/mol. The summed E-state index contributed by atoms with van der Waals surface area (Å²) in [5, 5.41) is 6.98. The maximum Gasteiger partial charge on any atom is 0.408 e. The van der Waals surface area contributed by atoms with E-state index in [1.54, 1.807) is 45.2 Å². The molecule has 3 N–H and O–H groups in total. The molecule has 2 atom stereocenters. The molecule has 3 rings (SSSR count). The number of halogens is 4. The summed E-state index contributed by atoms with van der Waals surface area (Å²) >= 11 is 6.28. The lowest BCUT2D eigenvalue weighted by molar-refractivity contribution is -0.141. The minimum atomic E-state index is -4.55. The summed E-state index contributed by atoms with van der Waals surface area (Å²) in [6, 6.07) is 5.73. The van der Waals surface area contributed by atoms with Crippen LogP contribution in [0.5, 0.6) is 0 Å². The molecule has 13 heteroatoms. The second-order valence-corrected chi connectivity index (χ2v) is 11.1. The van der Waals surface area contributed by atoms with Crippen molar-refractivity contribution in [3.63, 3.8) is 0 Å². The van der Waals surface area contributed by atoms with E-state index in [4.69, 9.17) is 22.1 Å². The fraction of sp³-hybridized carbons (Fsp3) is 0.360. The van der Waals surface area contributed by atoms with E-state index in [1.807, 2.05) is 6.79 Å². The molecular formula is C25H27ClF3N5O3S. The highest BCUT2D eigenvalue weighted by Crippen LogP contribution is 2.39. The van der Waals surface area contributed by atoms with E-state index in [0.29, 0.717) is 22.5 Å². The number of carbonyl (C=O) groups excluding carboxylic acids is 2. The normalized spacial score (nSPS) is 13.1. The van der Waals surface area contributed by atoms with Crippen molar-refractivity contribution in [2.24, 2.45) is 0 Å². The van der Waals surface area contributed by atoms with Crippen molar-refractivity contribution in [1.29, 1.82) is 0 Å². The zero-order valence-electron chi connectivity index (χ0n) is 21.4. The van der Waals surface area contributed by atoms with Gasteiger partial charge in [0.1, 0.15) is 23.8 Å². The SMILES string of the molecule is C=O.CC(=O)NC(C)c1nc(C#CC(C)(C)S(C)=O)ccc1-c1ccc(Cl)c2c(N)nn(CC(F)(F)F)c12. The molecule has 1 amide bonds. The molecule has 204 valence electrons. The number of carbonyl (C=O) groups is 2. The van der Waals surface area contributed by atoms with E-state index in [9.17, 15) is 22.2 Å². The highest BCUT2D eigenvalue weighted by molar-refractivity contribution is 7.85. The lowest BCUT2D eigenvalue weighted by atomic mass is 9.97. The van der Waals surface area contributed by atoms with Crippen LogP contribution in [-0.4, -0.2) is 48.8 Å². The van der Waals surface area contributed by atoms with Gasteiger partial charge in [0.15, 0.2) is 5.82 Å². The summed E-state index contributed by atoms with van der Waals surface area (Å²) in [6.07, 6.45) is -3.00. The van der Waals surface area contributed by atoms with Crippen LogP contribution in [0, 0.1) is 11.8 Å². The van der Waals surface area contributed by atoms with Crippen molar-refractivity contribution in [1.82, 2.24) is 20.1 Å². The van der Waals surface area contributed by atoms with Crippen molar-refractivity contribution in [2.45, 2.75) is 51.2 Å². The monoisotopic (exact) mass is 569 g/mol. The first-order chi connectivity index (χ1) is 17.6. The van der Waals surface area contributed by atoms with Gasteiger partial charge in [-0.25, -0.2) is 4.98 Å². The summed E-state index contributed by atoms with van der Waals surface area (Å²) in [5.74, 6) is 5.40. The second-order valence-electron chi connectivity index (χ2n) is 8.74. The molecule has 1 aromatic carbocycles. The molecule has 0 saturated carbocycles. The summed E-state index contributed by atoms with van der Waals surface area (Å²) in [4.78, 5) is 24.4. The third kappa shape index (κ3) is 7.11. The van der Waals surface area contributed by atoms with Gasteiger partial charge in [-0.05, 0) is 44.9 Å². The first-order valence-corrected chi connectivity index (χ1v) is 13.0. The van der Waals surface area contributed by atoms with Gasteiger partial charge in [0.25, 0.3) is 0 Å². The first-order valence-electron chi connectivity index (χ1n) is 11.1. The Hall–Kier alpha value is -3.43. The Morgan fingerprint density at radius 1 is 1.24 bits per heavy atom. The summed E-state index contributed by atoms with van der Waals surface area (Å²) in [7, 11) is -1.22. The molecule has 2 aromatic heterocycles. The van der Waals surface area contributed by atoms with E-state index >= 15 is 0 Å². The van der Waals surface area contributed by atoms with Gasteiger partial charge in [-0.15, -0.1) is 0 Å². The van der Waals surface area contributed by atoms with Crippen molar-refractivity contribution >= 4 is 51.8 Å². The third-order valence-corrected chi connectivity index (χ3v) is 7.31. The molecule has 2 heterocycles. The van der Waals surface area contributed by atoms with Crippen LogP contribution in [0.4, 0.5) is 19.0 Å². The minimum Gasteiger partial charge on any atom is -0.382 e. The van der Waals surface area contributed by atoms with Gasteiger partial charge in [-0.1, -0.05) is 23.6 Å². The standard InChI is InChI=1S/C24H25ClF3N5O2S.CH2O/c1-13(30-14(2)34)20-16(7-6-15(31-20)10-11-23(3,4)36(5)35)17-8-9-18(25)19-21(17)33(32-22(19)29)12-24(26,27)28;1-2/h6-9,13H,12H2,1-5H3,(H2,29,32)(H,30,34);1H2. The van der Waals surface area contributed by atoms with Crippen molar-refractivity contribution in [3.8, 4) is 23.0 Å². The van der Waals surface area contributed by atoms with Gasteiger partial charge in [-0.3, -0.25) is 13.7 Å². The lowest BCUT2D eigenvalue weighted by Gasteiger charge is -2.18. The molecule has 0 radical (unpaired) electrons. The second kappa shape index (κ2) is 12.0. The number of nitrogen functional groups attached to an aromatic ring is 1. The number of nitrogens with two attached hydrogens (primary N) is 1. The number of hydrogen-bond acceptors (Lipinski definition) is 6. The van der Waals surface area contributed by atoms with Gasteiger partial charge in [0, 0.05) is 35.1 Å². The van der Waals surface area contributed by atoms with Crippen LogP contribution < -0.4 is 11.1 Å². The Labute approximate surface area is 225 Å². The summed E-state index contributed by atoms with van der Waals surface area (Å²) in [6.45, 7) is 7.15. The predicted octanol–water partition coefficient (Wildman–Crippen LogP) is 4.42. The number of alkyl halides is 3. The highest BCUT2D eigenvalue weighted by Gasteiger charge is 2.31. The number of anilines is 1. The smallest absolute Gasteiger partial charge is 0.382 e. The van der Waals surface area contributed by atoms with Gasteiger partial charge in [0.2, 0.25) is 5.91 Å². The Morgan fingerprint density at radius 3 is 2.39 bits per heavy atom. The molecule has 8 nitrogen and oxygen atoms in total. The van der Waals surface area contributed by atoms with Crippen LogP contribution in [0.3, 0.4) is 0 Å². The Kier molecular flexibility index (Phi) is 9.69. The number of aromatic nitrogens is 3. The van der Waals surface area contributed by atoms with Crippen LogP contribution in [-0.2, 0) is 26.9 Å². The minimum absolute atomic E-state index is 0.0942. The maximum absolute atomic E-state index is 13.3. The third-order valence-electron chi connectivity index (χ3n) is 5.45. The molecule has 3 aromatic rings. The molecule has 0 aliphatic carbocycles. The molecule has 38 heavy (non-hydrogen) atoms. The first kappa shape index (κ1) is 30.8. The fourth-order valence-electron chi connectivity index (χ4n) is 3.57. The average Bonchev–Trinajstić information content (AvgIpc) is 3.13. The molecule has 0 bridgehead atoms. The molecule has 0 spiro atoms. The topological polar surface area (TPSA) is 120 Å². The van der Waals surface area contributed by atoms with Crippen LogP contribution in [0.1, 0.15) is 45.1 Å². The highest BCUT2D eigenvalue weighted by atomic mass is 35.5. The van der Waals surface area contributed by atoms with E-state index in [2.05, 4.69) is 27.2 Å². The molecule has 0 fully saturated rings. The zero-order chi connectivity index (χ0) is 29.0. The number of benzene rings is 1. The summed E-state index contributed by atoms with van der Waals surface area (Å²) < 4.78 is 51.9. The predicted molar refractivity (Wildman–Crippen MR) is 143 cm³/mol. The van der Waals surface area contributed by atoms with Gasteiger partial charge in [0.05, 0.1) is 27.7 Å². The van der Waals surface area contributed by atoms with Crippen molar-refractivity contribution in [3.05, 3.63) is 40.7 Å². The number of nitrogens with zero attached hydrogens (tertiary/aromatic N) is 3. The maximum atomic E-state index is 13.3. The lowest BCUT2D eigenvalue weighted by Crippen LogP contribution is -2.25. The van der Waals surface area contributed by atoms with E-state index in [1.165, 1.54) is 13.0 Å².